The molecule has 1 aliphatic rings. The van der Waals surface area contributed by atoms with E-state index in [1.54, 1.807) is 11.8 Å². The van der Waals surface area contributed by atoms with E-state index in [4.69, 9.17) is 11.6 Å². The van der Waals surface area contributed by atoms with Gasteiger partial charge < -0.3 is 5.32 Å². The van der Waals surface area contributed by atoms with Crippen LogP contribution in [-0.2, 0) is 4.79 Å². The van der Waals surface area contributed by atoms with E-state index in [-0.39, 0.29) is 11.2 Å². The van der Waals surface area contributed by atoms with E-state index >= 15 is 0 Å². The highest BCUT2D eigenvalue weighted by Crippen LogP contribution is 2.25. The first-order valence-electron chi connectivity index (χ1n) is 5.69. The molecule has 0 saturated carbocycles. The van der Waals surface area contributed by atoms with Crippen LogP contribution in [0, 0.1) is 5.92 Å². The van der Waals surface area contributed by atoms with E-state index in [1.165, 1.54) is 6.42 Å². The van der Waals surface area contributed by atoms with Crippen LogP contribution in [0.1, 0.15) is 32.6 Å². The number of hydrogen-bond donors (Lipinski definition) is 1. The topological polar surface area (TPSA) is 29.1 Å². The lowest BCUT2D eigenvalue weighted by Crippen LogP contribution is -2.32. The number of carbonyl (C=O) groups excluding carboxylic acids is 1. The third-order valence-corrected chi connectivity index (χ3v) is 4.56. The Morgan fingerprint density at radius 3 is 3.07 bits per heavy atom. The van der Waals surface area contributed by atoms with Crippen LogP contribution < -0.4 is 5.32 Å². The van der Waals surface area contributed by atoms with E-state index in [2.05, 4.69) is 12.2 Å². The van der Waals surface area contributed by atoms with E-state index in [9.17, 15) is 4.79 Å². The molecule has 1 aliphatic heterocycles. The van der Waals surface area contributed by atoms with Crippen molar-refractivity contribution in [2.45, 2.75) is 37.9 Å². The van der Waals surface area contributed by atoms with Gasteiger partial charge in [0, 0.05) is 12.4 Å². The molecule has 1 N–H and O–H groups in total. The summed E-state index contributed by atoms with van der Waals surface area (Å²) in [6, 6.07) is 0. The predicted molar refractivity (Wildman–Crippen MR) is 67.6 cm³/mol. The molecule has 0 aromatic rings. The van der Waals surface area contributed by atoms with Gasteiger partial charge in [-0.1, -0.05) is 6.92 Å². The summed E-state index contributed by atoms with van der Waals surface area (Å²) in [5.74, 6) is 2.65. The Labute approximate surface area is 102 Å². The van der Waals surface area contributed by atoms with Gasteiger partial charge in [-0.25, -0.2) is 0 Å². The van der Waals surface area contributed by atoms with Crippen LogP contribution in [0.5, 0.6) is 0 Å². The third-order valence-electron chi connectivity index (χ3n) is 2.66. The number of nitrogens with one attached hydrogen (secondary N) is 1. The van der Waals surface area contributed by atoms with Crippen molar-refractivity contribution >= 4 is 29.3 Å². The zero-order valence-electron chi connectivity index (χ0n) is 9.30. The fourth-order valence-electron chi connectivity index (χ4n) is 1.64. The SMILES string of the molecule is CC(CCl)CCCNC(=O)C1CCCS1. The summed E-state index contributed by atoms with van der Waals surface area (Å²) in [4.78, 5) is 11.6. The number of alkyl halides is 1. The van der Waals surface area contributed by atoms with Crippen LogP contribution in [0.2, 0.25) is 0 Å². The van der Waals surface area contributed by atoms with E-state index in [1.807, 2.05) is 0 Å². The van der Waals surface area contributed by atoms with Crippen molar-refractivity contribution in [2.75, 3.05) is 18.2 Å². The van der Waals surface area contributed by atoms with Crippen molar-refractivity contribution in [3.63, 3.8) is 0 Å². The molecular weight excluding hydrogens is 230 g/mol. The molecule has 2 unspecified atom stereocenters. The minimum atomic E-state index is 0.218. The number of halogens is 1. The maximum atomic E-state index is 11.6. The highest BCUT2D eigenvalue weighted by atomic mass is 35.5. The number of rotatable bonds is 6. The van der Waals surface area contributed by atoms with Gasteiger partial charge in [-0.3, -0.25) is 4.79 Å². The lowest BCUT2D eigenvalue weighted by molar-refractivity contribution is -0.120. The Morgan fingerprint density at radius 1 is 1.67 bits per heavy atom. The van der Waals surface area contributed by atoms with Gasteiger partial charge in [0.2, 0.25) is 5.91 Å². The second-order valence-electron chi connectivity index (χ2n) is 4.19. The van der Waals surface area contributed by atoms with Gasteiger partial charge in [-0.05, 0) is 37.4 Å². The largest absolute Gasteiger partial charge is 0.355 e. The molecule has 0 radical (unpaired) electrons. The van der Waals surface area contributed by atoms with Gasteiger partial charge >= 0.3 is 0 Å². The minimum Gasteiger partial charge on any atom is -0.355 e. The monoisotopic (exact) mass is 249 g/mol. The minimum absolute atomic E-state index is 0.218. The van der Waals surface area contributed by atoms with Gasteiger partial charge in [0.15, 0.2) is 0 Å². The normalized spacial score (nSPS) is 22.7. The van der Waals surface area contributed by atoms with Crippen molar-refractivity contribution in [2.24, 2.45) is 5.92 Å². The van der Waals surface area contributed by atoms with Crippen molar-refractivity contribution < 1.29 is 4.79 Å². The fraction of sp³-hybridized carbons (Fsp3) is 0.909. The van der Waals surface area contributed by atoms with Crippen molar-refractivity contribution in [3.8, 4) is 0 Å². The van der Waals surface area contributed by atoms with Crippen molar-refractivity contribution in [1.82, 2.24) is 5.32 Å². The molecule has 1 amide bonds. The molecule has 1 heterocycles. The summed E-state index contributed by atoms with van der Waals surface area (Å²) in [5, 5.41) is 3.22. The Balaban J connectivity index is 2.01. The standard InChI is InChI=1S/C11H20ClNOS/c1-9(8-12)4-2-6-13-11(14)10-5-3-7-15-10/h9-10H,2-8H2,1H3,(H,13,14). The van der Waals surface area contributed by atoms with E-state index in [0.29, 0.717) is 11.8 Å². The molecule has 0 bridgehead atoms. The second kappa shape index (κ2) is 7.39. The van der Waals surface area contributed by atoms with Gasteiger partial charge in [-0.15, -0.1) is 23.4 Å². The van der Waals surface area contributed by atoms with Crippen molar-refractivity contribution in [3.05, 3.63) is 0 Å². The summed E-state index contributed by atoms with van der Waals surface area (Å²) in [7, 11) is 0. The number of hydrogen-bond acceptors (Lipinski definition) is 2. The molecule has 0 aromatic heterocycles. The molecule has 2 nitrogen and oxygen atoms in total. The zero-order valence-corrected chi connectivity index (χ0v) is 10.9. The molecule has 1 saturated heterocycles. The molecule has 88 valence electrons. The molecule has 0 spiro atoms. The van der Waals surface area contributed by atoms with E-state index in [0.717, 1.165) is 31.6 Å². The lowest BCUT2D eigenvalue weighted by Gasteiger charge is -2.11. The maximum absolute atomic E-state index is 11.6. The molecule has 0 aliphatic carbocycles. The molecule has 2 atom stereocenters. The maximum Gasteiger partial charge on any atom is 0.233 e. The van der Waals surface area contributed by atoms with E-state index < -0.39 is 0 Å². The number of thioether (sulfide) groups is 1. The van der Waals surface area contributed by atoms with Crippen LogP contribution >= 0.6 is 23.4 Å². The van der Waals surface area contributed by atoms with Gasteiger partial charge in [0.05, 0.1) is 5.25 Å². The van der Waals surface area contributed by atoms with Crippen LogP contribution in [0.4, 0.5) is 0 Å². The molecular formula is C11H20ClNOS. The zero-order chi connectivity index (χ0) is 11.1. The van der Waals surface area contributed by atoms with Gasteiger partial charge in [0.1, 0.15) is 0 Å². The highest BCUT2D eigenvalue weighted by molar-refractivity contribution is 8.00. The molecule has 4 heteroatoms. The average Bonchev–Trinajstić information content (AvgIpc) is 2.77. The van der Waals surface area contributed by atoms with Crippen LogP contribution in [0.25, 0.3) is 0 Å². The fourth-order valence-corrected chi connectivity index (χ4v) is 2.98. The molecule has 0 aromatic carbocycles. The Kier molecular flexibility index (Phi) is 6.50. The Bertz CT molecular complexity index is 195. The number of amides is 1. The van der Waals surface area contributed by atoms with Crippen LogP contribution in [-0.4, -0.2) is 29.3 Å². The summed E-state index contributed by atoms with van der Waals surface area (Å²) in [6.07, 6.45) is 4.37. The lowest BCUT2D eigenvalue weighted by atomic mass is 10.1. The smallest absolute Gasteiger partial charge is 0.233 e. The first-order valence-corrected chi connectivity index (χ1v) is 7.27. The van der Waals surface area contributed by atoms with Crippen LogP contribution in [0.3, 0.4) is 0 Å². The Morgan fingerprint density at radius 2 is 2.47 bits per heavy atom. The van der Waals surface area contributed by atoms with Crippen LogP contribution in [0.15, 0.2) is 0 Å². The average molecular weight is 250 g/mol. The number of carbonyl (C=O) groups is 1. The molecule has 15 heavy (non-hydrogen) atoms. The summed E-state index contributed by atoms with van der Waals surface area (Å²) in [5.41, 5.74) is 0. The third kappa shape index (κ3) is 5.12. The van der Waals surface area contributed by atoms with Gasteiger partial charge in [-0.2, -0.15) is 0 Å². The van der Waals surface area contributed by atoms with Crippen molar-refractivity contribution in [1.29, 1.82) is 0 Å². The van der Waals surface area contributed by atoms with Gasteiger partial charge in [0.25, 0.3) is 0 Å². The second-order valence-corrected chi connectivity index (χ2v) is 5.81. The Hall–Kier alpha value is 0.110. The molecule has 1 rings (SSSR count). The quantitative estimate of drug-likeness (QED) is 0.579. The summed E-state index contributed by atoms with van der Waals surface area (Å²) < 4.78 is 0. The predicted octanol–water partition coefficient (Wildman–Crippen LogP) is 2.65. The summed E-state index contributed by atoms with van der Waals surface area (Å²) in [6.45, 7) is 2.94. The highest BCUT2D eigenvalue weighted by Gasteiger charge is 2.22. The summed E-state index contributed by atoms with van der Waals surface area (Å²) >= 11 is 7.49. The first-order chi connectivity index (χ1) is 7.24. The first kappa shape index (κ1) is 13.2. The molecule has 1 fully saturated rings.